The molecule has 1 aromatic carbocycles. The predicted octanol–water partition coefficient (Wildman–Crippen LogP) is 1.09. The van der Waals surface area contributed by atoms with E-state index in [4.69, 9.17) is 0 Å². The molecule has 1 heterocycles. The van der Waals surface area contributed by atoms with E-state index in [2.05, 4.69) is 14.7 Å². The molecule has 0 aliphatic carbocycles. The lowest BCUT2D eigenvalue weighted by atomic mass is 10.1. The molecule has 5 heteroatoms. The van der Waals surface area contributed by atoms with Crippen LogP contribution in [0.5, 0.6) is 0 Å². The third-order valence-electron chi connectivity index (χ3n) is 1.75. The van der Waals surface area contributed by atoms with Gasteiger partial charge in [-0.3, -0.25) is 9.51 Å². The van der Waals surface area contributed by atoms with Crippen molar-refractivity contribution in [1.82, 2.24) is 10.1 Å². The van der Waals surface area contributed by atoms with Gasteiger partial charge in [-0.15, -0.1) is 0 Å². The molecule has 0 fully saturated rings. The van der Waals surface area contributed by atoms with Crippen LogP contribution in [0.25, 0.3) is 0 Å². The number of rotatable bonds is 2. The number of hydrogen-bond donors (Lipinski definition) is 1. The number of nitrogens with zero attached hydrogens (tertiary/aromatic N) is 1. The van der Waals surface area contributed by atoms with Crippen LogP contribution in [0.4, 0.5) is 4.39 Å². The van der Waals surface area contributed by atoms with Crippen molar-refractivity contribution in [3.8, 4) is 0 Å². The molecule has 0 aliphatic rings. The summed E-state index contributed by atoms with van der Waals surface area (Å²) in [6.07, 6.45) is 0.351. The zero-order valence-electron chi connectivity index (χ0n) is 7.16. The minimum Gasteiger partial charge on any atom is -0.296 e. The van der Waals surface area contributed by atoms with Gasteiger partial charge in [-0.1, -0.05) is 17.3 Å². The summed E-state index contributed by atoms with van der Waals surface area (Å²) >= 11 is 0. The highest BCUT2D eigenvalue weighted by molar-refractivity contribution is 5.19. The van der Waals surface area contributed by atoms with Gasteiger partial charge in [0.1, 0.15) is 5.82 Å². The molecule has 0 saturated carbocycles. The van der Waals surface area contributed by atoms with E-state index in [0.717, 1.165) is 5.56 Å². The van der Waals surface area contributed by atoms with E-state index in [-0.39, 0.29) is 5.82 Å². The molecule has 0 amide bonds. The second-order valence-electron chi connectivity index (χ2n) is 2.85. The van der Waals surface area contributed by atoms with Crippen molar-refractivity contribution in [2.45, 2.75) is 6.42 Å². The molecule has 2 aromatic rings. The van der Waals surface area contributed by atoms with Crippen molar-refractivity contribution in [1.29, 1.82) is 0 Å². The molecule has 2 rings (SSSR count). The summed E-state index contributed by atoms with van der Waals surface area (Å²) in [5, 5.41) is 3.48. The zero-order valence-corrected chi connectivity index (χ0v) is 7.16. The molecular formula is C9H7FN2O2. The van der Waals surface area contributed by atoms with Gasteiger partial charge < -0.3 is 0 Å². The summed E-state index contributed by atoms with van der Waals surface area (Å²) in [7, 11) is 0. The Bertz CT molecular complexity index is 489. The van der Waals surface area contributed by atoms with Gasteiger partial charge in [-0.2, -0.15) is 0 Å². The SMILES string of the molecule is O=c1[nH]c(Cc2cccc(F)c2)no1. The zero-order chi connectivity index (χ0) is 9.97. The van der Waals surface area contributed by atoms with Crippen LogP contribution in [0.3, 0.4) is 0 Å². The van der Waals surface area contributed by atoms with Gasteiger partial charge in [0.25, 0.3) is 0 Å². The van der Waals surface area contributed by atoms with E-state index in [1.165, 1.54) is 12.1 Å². The third kappa shape index (κ3) is 1.87. The van der Waals surface area contributed by atoms with Crippen LogP contribution < -0.4 is 5.76 Å². The fourth-order valence-corrected chi connectivity index (χ4v) is 1.18. The predicted molar refractivity (Wildman–Crippen MR) is 46.3 cm³/mol. The molecule has 0 radical (unpaired) electrons. The molecule has 1 N–H and O–H groups in total. The number of aromatic nitrogens is 2. The number of nitrogens with one attached hydrogen (secondary N) is 1. The molecule has 4 nitrogen and oxygen atoms in total. The van der Waals surface area contributed by atoms with Crippen molar-refractivity contribution < 1.29 is 8.91 Å². The van der Waals surface area contributed by atoms with E-state index in [1.54, 1.807) is 12.1 Å². The summed E-state index contributed by atoms with van der Waals surface area (Å²) in [6.45, 7) is 0. The standard InChI is InChI=1S/C9H7FN2O2/c10-7-3-1-2-6(4-7)5-8-11-9(13)14-12-8/h1-4H,5H2,(H,11,12,13). The maximum atomic E-state index is 12.8. The van der Waals surface area contributed by atoms with Crippen molar-refractivity contribution in [3.63, 3.8) is 0 Å². The second-order valence-corrected chi connectivity index (χ2v) is 2.85. The molecule has 1 aromatic heterocycles. The van der Waals surface area contributed by atoms with Gasteiger partial charge in [0.2, 0.25) is 0 Å². The average molecular weight is 194 g/mol. The third-order valence-corrected chi connectivity index (χ3v) is 1.75. The molecular weight excluding hydrogens is 187 g/mol. The molecule has 72 valence electrons. The fourth-order valence-electron chi connectivity index (χ4n) is 1.18. The lowest BCUT2D eigenvalue weighted by molar-refractivity contribution is 0.382. The van der Waals surface area contributed by atoms with Crippen LogP contribution in [0, 0.1) is 5.82 Å². The first-order chi connectivity index (χ1) is 6.74. The Balaban J connectivity index is 2.22. The molecule has 0 saturated heterocycles. The Labute approximate surface area is 78.4 Å². The van der Waals surface area contributed by atoms with Crippen LogP contribution in [0.1, 0.15) is 11.4 Å². The van der Waals surface area contributed by atoms with Crippen molar-refractivity contribution in [3.05, 3.63) is 52.0 Å². The summed E-state index contributed by atoms with van der Waals surface area (Å²) in [5.74, 6) is -0.523. The van der Waals surface area contributed by atoms with Gasteiger partial charge >= 0.3 is 5.76 Å². The maximum absolute atomic E-state index is 12.8. The summed E-state index contributed by atoms with van der Waals surface area (Å²) in [6, 6.07) is 6.08. The minimum atomic E-state index is -0.601. The smallest absolute Gasteiger partial charge is 0.296 e. The van der Waals surface area contributed by atoms with E-state index >= 15 is 0 Å². The first-order valence-corrected chi connectivity index (χ1v) is 4.03. The molecule has 0 aliphatic heterocycles. The molecule has 0 unspecified atom stereocenters. The first-order valence-electron chi connectivity index (χ1n) is 4.03. The molecule has 14 heavy (non-hydrogen) atoms. The van der Waals surface area contributed by atoms with Gasteiger partial charge in [-0.05, 0) is 17.7 Å². The second kappa shape index (κ2) is 3.45. The number of hydrogen-bond acceptors (Lipinski definition) is 3. The summed E-state index contributed by atoms with van der Waals surface area (Å²) < 4.78 is 17.1. The van der Waals surface area contributed by atoms with Crippen LogP contribution in [-0.2, 0) is 6.42 Å². The summed E-state index contributed by atoms with van der Waals surface area (Å²) in [5.41, 5.74) is 0.731. The highest BCUT2D eigenvalue weighted by Gasteiger charge is 2.02. The minimum absolute atomic E-state index is 0.312. The van der Waals surface area contributed by atoms with Crippen LogP contribution >= 0.6 is 0 Å². The quantitative estimate of drug-likeness (QED) is 0.778. The highest BCUT2D eigenvalue weighted by Crippen LogP contribution is 2.06. The number of aromatic amines is 1. The Hall–Kier alpha value is -1.91. The van der Waals surface area contributed by atoms with Gasteiger partial charge in [0.15, 0.2) is 5.82 Å². The number of halogens is 1. The number of benzene rings is 1. The van der Waals surface area contributed by atoms with Gasteiger partial charge in [0, 0.05) is 6.42 Å². The normalized spacial score (nSPS) is 10.4. The molecule has 0 spiro atoms. The molecule has 0 bridgehead atoms. The van der Waals surface area contributed by atoms with E-state index < -0.39 is 5.76 Å². The Morgan fingerprint density at radius 1 is 1.50 bits per heavy atom. The molecule has 0 atom stereocenters. The maximum Gasteiger partial charge on any atom is 0.438 e. The topological polar surface area (TPSA) is 58.9 Å². The summed E-state index contributed by atoms with van der Waals surface area (Å²) in [4.78, 5) is 13.0. The fraction of sp³-hybridized carbons (Fsp3) is 0.111. The van der Waals surface area contributed by atoms with E-state index in [1.807, 2.05) is 0 Å². The van der Waals surface area contributed by atoms with Crippen LogP contribution in [0.2, 0.25) is 0 Å². The van der Waals surface area contributed by atoms with E-state index in [9.17, 15) is 9.18 Å². The monoisotopic (exact) mass is 194 g/mol. The Morgan fingerprint density at radius 3 is 3.00 bits per heavy atom. The lowest BCUT2D eigenvalue weighted by Gasteiger charge is -1.95. The van der Waals surface area contributed by atoms with Crippen molar-refractivity contribution in [2.24, 2.45) is 0 Å². The van der Waals surface area contributed by atoms with Crippen LogP contribution in [-0.4, -0.2) is 10.1 Å². The van der Waals surface area contributed by atoms with Gasteiger partial charge in [0.05, 0.1) is 0 Å². The Kier molecular flexibility index (Phi) is 2.14. The first kappa shape index (κ1) is 8.68. The largest absolute Gasteiger partial charge is 0.438 e. The highest BCUT2D eigenvalue weighted by atomic mass is 19.1. The van der Waals surface area contributed by atoms with Gasteiger partial charge in [-0.25, -0.2) is 9.18 Å². The Morgan fingerprint density at radius 2 is 2.36 bits per heavy atom. The lowest BCUT2D eigenvalue weighted by Crippen LogP contribution is -1.98. The van der Waals surface area contributed by atoms with Crippen molar-refractivity contribution >= 4 is 0 Å². The number of H-pyrrole nitrogens is 1. The van der Waals surface area contributed by atoms with Crippen molar-refractivity contribution in [2.75, 3.05) is 0 Å². The average Bonchev–Trinajstić information content (AvgIpc) is 2.51. The van der Waals surface area contributed by atoms with Crippen LogP contribution in [0.15, 0.2) is 33.6 Å². The van der Waals surface area contributed by atoms with E-state index in [0.29, 0.717) is 12.2 Å².